The Bertz CT molecular complexity index is 1190. The zero-order chi connectivity index (χ0) is 24.2. The second kappa shape index (κ2) is 10.6. The molecular weight excluding hydrogens is 440 g/mol. The molecule has 184 valence electrons. The maximum Gasteiger partial charge on any atom is 0.240 e. The largest absolute Gasteiger partial charge is 0.489 e. The molecule has 0 spiro atoms. The molecule has 1 aromatic heterocycles. The van der Waals surface area contributed by atoms with Crippen molar-refractivity contribution in [1.82, 2.24) is 15.3 Å². The summed E-state index contributed by atoms with van der Waals surface area (Å²) in [5.74, 6) is 1.53. The van der Waals surface area contributed by atoms with Crippen molar-refractivity contribution >= 4 is 22.7 Å². The van der Waals surface area contributed by atoms with Gasteiger partial charge in [0.05, 0.1) is 5.71 Å². The van der Waals surface area contributed by atoms with Gasteiger partial charge in [-0.1, -0.05) is 25.8 Å². The molecule has 35 heavy (non-hydrogen) atoms. The molecule has 0 radical (unpaired) electrons. The van der Waals surface area contributed by atoms with E-state index < -0.39 is 0 Å². The SMILES string of the molecule is CCCC1CC(=O)NN=C1c1ccc2nc(-c3ccc(OC(C)CN4CCCCC4)cc3)oc2c1. The molecule has 3 heterocycles. The average molecular weight is 475 g/mol. The molecule has 2 aromatic carbocycles. The Kier molecular flexibility index (Phi) is 7.13. The first-order valence-electron chi connectivity index (χ1n) is 12.9. The van der Waals surface area contributed by atoms with Crippen LogP contribution in [0.5, 0.6) is 5.75 Å². The number of benzene rings is 2. The number of fused-ring (bicyclic) bond motifs is 1. The second-order valence-corrected chi connectivity index (χ2v) is 9.74. The number of carbonyl (C=O) groups excluding carboxylic acids is 1. The van der Waals surface area contributed by atoms with E-state index >= 15 is 0 Å². The molecule has 7 nitrogen and oxygen atoms in total. The van der Waals surface area contributed by atoms with Crippen molar-refractivity contribution in [2.24, 2.45) is 11.0 Å². The van der Waals surface area contributed by atoms with Crippen LogP contribution in [-0.4, -0.2) is 47.2 Å². The van der Waals surface area contributed by atoms with Crippen LogP contribution in [0.3, 0.4) is 0 Å². The van der Waals surface area contributed by atoms with E-state index in [1.165, 1.54) is 32.4 Å². The predicted molar refractivity (Wildman–Crippen MR) is 138 cm³/mol. The Hall–Kier alpha value is -3.19. The topological polar surface area (TPSA) is 80.0 Å². The van der Waals surface area contributed by atoms with Crippen molar-refractivity contribution < 1.29 is 13.9 Å². The van der Waals surface area contributed by atoms with Crippen LogP contribution in [-0.2, 0) is 4.79 Å². The van der Waals surface area contributed by atoms with Gasteiger partial charge < -0.3 is 9.15 Å². The highest BCUT2D eigenvalue weighted by Crippen LogP contribution is 2.29. The van der Waals surface area contributed by atoms with Crippen LogP contribution < -0.4 is 10.2 Å². The number of hydrogen-bond acceptors (Lipinski definition) is 6. The number of carbonyl (C=O) groups is 1. The minimum Gasteiger partial charge on any atom is -0.489 e. The first-order valence-corrected chi connectivity index (χ1v) is 12.9. The highest BCUT2D eigenvalue weighted by molar-refractivity contribution is 6.07. The van der Waals surface area contributed by atoms with E-state index in [1.54, 1.807) is 0 Å². The zero-order valence-corrected chi connectivity index (χ0v) is 20.6. The molecule has 2 aliphatic heterocycles. The van der Waals surface area contributed by atoms with E-state index in [4.69, 9.17) is 9.15 Å². The molecular formula is C28H34N4O3. The molecule has 0 bridgehead atoms. The molecule has 0 saturated carbocycles. The van der Waals surface area contributed by atoms with Crippen molar-refractivity contribution in [2.45, 2.75) is 58.5 Å². The van der Waals surface area contributed by atoms with Gasteiger partial charge in [0.25, 0.3) is 0 Å². The molecule has 5 rings (SSSR count). The van der Waals surface area contributed by atoms with Crippen LogP contribution >= 0.6 is 0 Å². The lowest BCUT2D eigenvalue weighted by molar-refractivity contribution is -0.122. The Balaban J connectivity index is 1.29. The fourth-order valence-electron chi connectivity index (χ4n) is 5.13. The Morgan fingerprint density at radius 1 is 1.11 bits per heavy atom. The lowest BCUT2D eigenvalue weighted by Gasteiger charge is -2.29. The van der Waals surface area contributed by atoms with Crippen LogP contribution in [0.15, 0.2) is 52.0 Å². The van der Waals surface area contributed by atoms with Crippen molar-refractivity contribution in [1.29, 1.82) is 0 Å². The fraction of sp³-hybridized carbons (Fsp3) is 0.464. The van der Waals surface area contributed by atoms with Crippen molar-refractivity contribution in [3.63, 3.8) is 0 Å². The van der Waals surface area contributed by atoms with Gasteiger partial charge in [-0.05, 0) is 75.7 Å². The maximum atomic E-state index is 11.8. The number of hydrazone groups is 1. The molecule has 2 atom stereocenters. The van der Waals surface area contributed by atoms with Crippen LogP contribution in [0.1, 0.15) is 57.9 Å². The summed E-state index contributed by atoms with van der Waals surface area (Å²) in [7, 11) is 0. The zero-order valence-electron chi connectivity index (χ0n) is 20.6. The molecule has 1 N–H and O–H groups in total. The van der Waals surface area contributed by atoms with Gasteiger partial charge in [-0.3, -0.25) is 9.69 Å². The molecule has 0 aliphatic carbocycles. The van der Waals surface area contributed by atoms with Gasteiger partial charge in [0.2, 0.25) is 11.8 Å². The molecule has 7 heteroatoms. The highest BCUT2D eigenvalue weighted by atomic mass is 16.5. The second-order valence-electron chi connectivity index (χ2n) is 9.74. The summed E-state index contributed by atoms with van der Waals surface area (Å²) in [4.78, 5) is 19.0. The van der Waals surface area contributed by atoms with Crippen LogP contribution in [0.4, 0.5) is 0 Å². The quantitative estimate of drug-likeness (QED) is 0.474. The molecule has 2 unspecified atom stereocenters. The number of oxazole rings is 1. The van der Waals surface area contributed by atoms with Crippen LogP contribution in [0, 0.1) is 5.92 Å². The first-order chi connectivity index (χ1) is 17.1. The van der Waals surface area contributed by atoms with Gasteiger partial charge in [0.1, 0.15) is 17.4 Å². The van der Waals surface area contributed by atoms with Gasteiger partial charge in [-0.2, -0.15) is 5.10 Å². The molecule has 2 aliphatic rings. The van der Waals surface area contributed by atoms with Crippen LogP contribution in [0.2, 0.25) is 0 Å². The summed E-state index contributed by atoms with van der Waals surface area (Å²) in [5.41, 5.74) is 6.92. The third kappa shape index (κ3) is 5.56. The summed E-state index contributed by atoms with van der Waals surface area (Å²) >= 11 is 0. The Labute approximate surface area is 206 Å². The Morgan fingerprint density at radius 3 is 2.66 bits per heavy atom. The van der Waals surface area contributed by atoms with E-state index in [-0.39, 0.29) is 17.9 Å². The lowest BCUT2D eigenvalue weighted by Crippen LogP contribution is -2.37. The number of rotatable bonds is 8. The van der Waals surface area contributed by atoms with Gasteiger partial charge in [-0.25, -0.2) is 10.4 Å². The fourth-order valence-corrected chi connectivity index (χ4v) is 5.13. The van der Waals surface area contributed by atoms with Gasteiger partial charge in [-0.15, -0.1) is 0 Å². The summed E-state index contributed by atoms with van der Waals surface area (Å²) in [6, 6.07) is 13.9. The minimum atomic E-state index is -0.0245. The number of hydrogen-bond donors (Lipinski definition) is 1. The lowest BCUT2D eigenvalue weighted by atomic mass is 9.89. The molecule has 1 saturated heterocycles. The molecule has 3 aromatic rings. The Morgan fingerprint density at radius 2 is 1.89 bits per heavy atom. The van der Waals surface area contributed by atoms with Gasteiger partial charge >= 0.3 is 0 Å². The normalized spacial score (nSPS) is 19.9. The number of nitrogens with one attached hydrogen (secondary N) is 1. The summed E-state index contributed by atoms with van der Waals surface area (Å²) < 4.78 is 12.3. The number of ether oxygens (including phenoxy) is 1. The van der Waals surface area contributed by atoms with E-state index in [9.17, 15) is 4.79 Å². The molecule has 1 amide bonds. The smallest absolute Gasteiger partial charge is 0.240 e. The van der Waals surface area contributed by atoms with Gasteiger partial charge in [0, 0.05) is 30.0 Å². The predicted octanol–water partition coefficient (Wildman–Crippen LogP) is 5.39. The summed E-state index contributed by atoms with van der Waals surface area (Å²) in [5, 5.41) is 4.36. The number of amides is 1. The van der Waals surface area contributed by atoms with Crippen molar-refractivity contribution in [3.8, 4) is 17.2 Å². The number of nitrogens with zero attached hydrogens (tertiary/aromatic N) is 3. The maximum absolute atomic E-state index is 11.8. The van der Waals surface area contributed by atoms with E-state index in [1.807, 2.05) is 42.5 Å². The molecule has 1 fully saturated rings. The minimum absolute atomic E-state index is 0.0245. The van der Waals surface area contributed by atoms with E-state index in [2.05, 4.69) is 34.3 Å². The standard InChI is InChI=1S/C28H34N4O3/c1-3-7-21-17-26(33)30-31-27(21)22-10-13-24-25(16-22)35-28(29-24)20-8-11-23(12-9-20)34-19(2)18-32-14-5-4-6-15-32/h8-13,16,19,21H,3-7,14-15,17-18H2,1-2H3,(H,30,33). The number of aromatic nitrogens is 1. The number of likely N-dealkylation sites (tertiary alicyclic amines) is 1. The number of piperidine rings is 1. The summed E-state index contributed by atoms with van der Waals surface area (Å²) in [6.45, 7) is 7.57. The third-order valence-corrected chi connectivity index (χ3v) is 6.84. The monoisotopic (exact) mass is 474 g/mol. The van der Waals surface area contributed by atoms with Crippen molar-refractivity contribution in [2.75, 3.05) is 19.6 Å². The third-order valence-electron chi connectivity index (χ3n) is 6.84. The van der Waals surface area contributed by atoms with Gasteiger partial charge in [0.15, 0.2) is 5.58 Å². The average Bonchev–Trinajstić information content (AvgIpc) is 3.29. The van der Waals surface area contributed by atoms with Crippen LogP contribution in [0.25, 0.3) is 22.6 Å². The van der Waals surface area contributed by atoms with E-state index in [0.717, 1.165) is 47.5 Å². The van der Waals surface area contributed by atoms with Crippen molar-refractivity contribution in [3.05, 3.63) is 48.0 Å². The first kappa shape index (κ1) is 23.5. The highest BCUT2D eigenvalue weighted by Gasteiger charge is 2.25. The van der Waals surface area contributed by atoms with E-state index in [0.29, 0.717) is 17.9 Å². The summed E-state index contributed by atoms with van der Waals surface area (Å²) in [6.07, 6.45) is 6.47.